The van der Waals surface area contributed by atoms with E-state index in [1.807, 2.05) is 0 Å². The van der Waals surface area contributed by atoms with Gasteiger partial charge in [-0.1, -0.05) is 6.92 Å². The molecule has 0 aromatic rings. The Kier molecular flexibility index (Phi) is 4.70. The molecule has 1 N–H and O–H groups in total. The Labute approximate surface area is 80.7 Å². The average molecular weight is 187 g/mol. The van der Waals surface area contributed by atoms with E-state index in [9.17, 15) is 0 Å². The van der Waals surface area contributed by atoms with Crippen LogP contribution in [-0.4, -0.2) is 49.0 Å². The van der Waals surface area contributed by atoms with E-state index in [1.165, 1.54) is 6.42 Å². The Morgan fingerprint density at radius 3 is 2.62 bits per heavy atom. The van der Waals surface area contributed by atoms with Gasteiger partial charge < -0.3 is 14.7 Å². The Hall–Kier alpha value is -0.120. The number of rotatable bonds is 5. The maximum Gasteiger partial charge on any atom is 0.0811 e. The molecule has 0 saturated carbocycles. The fraction of sp³-hybridized carbons (Fsp3) is 1.00. The van der Waals surface area contributed by atoms with Crippen LogP contribution in [0.3, 0.4) is 0 Å². The molecule has 0 aromatic heterocycles. The van der Waals surface area contributed by atoms with Gasteiger partial charge in [0.15, 0.2) is 0 Å². The van der Waals surface area contributed by atoms with Crippen LogP contribution in [0.15, 0.2) is 0 Å². The van der Waals surface area contributed by atoms with Crippen molar-refractivity contribution in [3.8, 4) is 0 Å². The third-order valence-electron chi connectivity index (χ3n) is 2.52. The molecule has 78 valence electrons. The predicted molar refractivity (Wildman–Crippen MR) is 52.8 cm³/mol. The van der Waals surface area contributed by atoms with Gasteiger partial charge in [-0.15, -0.1) is 0 Å². The van der Waals surface area contributed by atoms with E-state index in [0.717, 1.165) is 25.9 Å². The molecule has 0 unspecified atom stereocenters. The van der Waals surface area contributed by atoms with Crippen molar-refractivity contribution in [2.75, 3.05) is 26.7 Å². The van der Waals surface area contributed by atoms with Gasteiger partial charge in [0.1, 0.15) is 0 Å². The van der Waals surface area contributed by atoms with Crippen LogP contribution in [0.4, 0.5) is 0 Å². The first-order chi connectivity index (χ1) is 6.26. The van der Waals surface area contributed by atoms with Gasteiger partial charge in [-0.25, -0.2) is 0 Å². The molecule has 1 saturated heterocycles. The van der Waals surface area contributed by atoms with Crippen molar-refractivity contribution in [2.45, 2.75) is 38.4 Å². The normalized spacial score (nSPS) is 28.6. The molecule has 3 nitrogen and oxygen atoms in total. The van der Waals surface area contributed by atoms with Crippen molar-refractivity contribution >= 4 is 0 Å². The van der Waals surface area contributed by atoms with E-state index in [1.54, 1.807) is 0 Å². The van der Waals surface area contributed by atoms with Gasteiger partial charge in [0, 0.05) is 6.54 Å². The van der Waals surface area contributed by atoms with Gasteiger partial charge in [0.05, 0.1) is 18.8 Å². The van der Waals surface area contributed by atoms with Gasteiger partial charge >= 0.3 is 0 Å². The van der Waals surface area contributed by atoms with Crippen LogP contribution in [0.5, 0.6) is 0 Å². The lowest BCUT2D eigenvalue weighted by molar-refractivity contribution is -0.000172. The molecular weight excluding hydrogens is 166 g/mol. The number of aliphatic hydroxyl groups excluding tert-OH is 1. The standard InChI is InChI=1S/C10H21NO2/c1-3-6-11(2)7-9-4-5-10(8-12)13-9/h9-10,12H,3-8H2,1-2H3/t9-,10+/m0/s1. The minimum atomic E-state index is 0.0972. The van der Waals surface area contributed by atoms with Crippen molar-refractivity contribution < 1.29 is 9.84 Å². The number of aliphatic hydroxyl groups is 1. The molecule has 0 aromatic carbocycles. The monoisotopic (exact) mass is 187 g/mol. The number of nitrogens with zero attached hydrogens (tertiary/aromatic N) is 1. The first-order valence-electron chi connectivity index (χ1n) is 5.21. The van der Waals surface area contributed by atoms with Crippen molar-refractivity contribution in [3.63, 3.8) is 0 Å². The maximum atomic E-state index is 8.88. The highest BCUT2D eigenvalue weighted by Crippen LogP contribution is 2.19. The summed E-state index contributed by atoms with van der Waals surface area (Å²) in [6.45, 7) is 4.49. The van der Waals surface area contributed by atoms with Gasteiger partial charge in [0.2, 0.25) is 0 Å². The average Bonchev–Trinajstić information content (AvgIpc) is 2.52. The summed E-state index contributed by atoms with van der Waals surface area (Å²) < 4.78 is 5.64. The van der Waals surface area contributed by atoms with Crippen molar-refractivity contribution in [2.24, 2.45) is 0 Å². The Bertz CT molecular complexity index is 141. The van der Waals surface area contributed by atoms with Crippen molar-refractivity contribution in [3.05, 3.63) is 0 Å². The van der Waals surface area contributed by atoms with E-state index < -0.39 is 0 Å². The van der Waals surface area contributed by atoms with Gasteiger partial charge in [-0.3, -0.25) is 0 Å². The molecule has 2 atom stereocenters. The van der Waals surface area contributed by atoms with Crippen LogP contribution in [-0.2, 0) is 4.74 Å². The van der Waals surface area contributed by atoms with E-state index in [2.05, 4.69) is 18.9 Å². The second-order valence-electron chi connectivity index (χ2n) is 3.90. The first-order valence-corrected chi connectivity index (χ1v) is 5.21. The molecule has 0 bridgehead atoms. The highest BCUT2D eigenvalue weighted by Gasteiger charge is 2.24. The number of hydrogen-bond acceptors (Lipinski definition) is 3. The quantitative estimate of drug-likeness (QED) is 0.693. The number of likely N-dealkylation sites (N-methyl/N-ethyl adjacent to an activating group) is 1. The second kappa shape index (κ2) is 5.58. The van der Waals surface area contributed by atoms with E-state index in [4.69, 9.17) is 9.84 Å². The molecule has 3 heteroatoms. The molecule has 1 aliphatic heterocycles. The number of hydrogen-bond donors (Lipinski definition) is 1. The Morgan fingerprint density at radius 2 is 2.08 bits per heavy atom. The smallest absolute Gasteiger partial charge is 0.0811 e. The van der Waals surface area contributed by atoms with Gasteiger partial charge in [-0.05, 0) is 32.9 Å². The zero-order valence-corrected chi connectivity index (χ0v) is 8.70. The summed E-state index contributed by atoms with van der Waals surface area (Å²) in [5, 5.41) is 8.88. The van der Waals surface area contributed by atoms with Gasteiger partial charge in [0.25, 0.3) is 0 Å². The predicted octanol–water partition coefficient (Wildman–Crippen LogP) is 0.868. The van der Waals surface area contributed by atoms with E-state index in [-0.39, 0.29) is 12.7 Å². The van der Waals surface area contributed by atoms with Crippen LogP contribution in [0.1, 0.15) is 26.2 Å². The second-order valence-corrected chi connectivity index (χ2v) is 3.90. The molecule has 13 heavy (non-hydrogen) atoms. The topological polar surface area (TPSA) is 32.7 Å². The third kappa shape index (κ3) is 3.63. The minimum Gasteiger partial charge on any atom is -0.394 e. The molecule has 1 heterocycles. The summed E-state index contributed by atoms with van der Waals surface area (Å²) >= 11 is 0. The summed E-state index contributed by atoms with van der Waals surface area (Å²) in [4.78, 5) is 2.30. The Balaban J connectivity index is 2.16. The lowest BCUT2D eigenvalue weighted by Crippen LogP contribution is -2.30. The van der Waals surface area contributed by atoms with Gasteiger partial charge in [-0.2, -0.15) is 0 Å². The maximum absolute atomic E-state index is 8.88. The molecule has 0 aliphatic carbocycles. The van der Waals surface area contributed by atoms with Crippen LogP contribution < -0.4 is 0 Å². The zero-order chi connectivity index (χ0) is 9.68. The Morgan fingerprint density at radius 1 is 1.38 bits per heavy atom. The SMILES string of the molecule is CCCN(C)C[C@@H]1CC[C@H](CO)O1. The summed E-state index contributed by atoms with van der Waals surface area (Å²) in [5.74, 6) is 0. The molecular formula is C10H21NO2. The molecule has 0 radical (unpaired) electrons. The van der Waals surface area contributed by atoms with Crippen molar-refractivity contribution in [1.82, 2.24) is 4.90 Å². The van der Waals surface area contributed by atoms with E-state index in [0.29, 0.717) is 6.10 Å². The molecule has 1 aliphatic rings. The molecule has 1 rings (SSSR count). The lowest BCUT2D eigenvalue weighted by atomic mass is 10.2. The summed E-state index contributed by atoms with van der Waals surface area (Å²) in [7, 11) is 2.12. The third-order valence-corrected chi connectivity index (χ3v) is 2.52. The summed E-state index contributed by atoms with van der Waals surface area (Å²) in [6, 6.07) is 0. The highest BCUT2D eigenvalue weighted by atomic mass is 16.5. The summed E-state index contributed by atoms with van der Waals surface area (Å²) in [6.07, 6.45) is 3.74. The molecule has 0 spiro atoms. The van der Waals surface area contributed by atoms with Crippen LogP contribution in [0, 0.1) is 0 Å². The first kappa shape index (κ1) is 11.0. The van der Waals surface area contributed by atoms with Crippen LogP contribution >= 0.6 is 0 Å². The molecule has 1 fully saturated rings. The van der Waals surface area contributed by atoms with E-state index >= 15 is 0 Å². The molecule has 0 amide bonds. The zero-order valence-electron chi connectivity index (χ0n) is 8.70. The minimum absolute atomic E-state index is 0.0972. The highest BCUT2D eigenvalue weighted by molar-refractivity contribution is 4.75. The van der Waals surface area contributed by atoms with Crippen LogP contribution in [0.25, 0.3) is 0 Å². The van der Waals surface area contributed by atoms with Crippen molar-refractivity contribution in [1.29, 1.82) is 0 Å². The van der Waals surface area contributed by atoms with Crippen LogP contribution in [0.2, 0.25) is 0 Å². The fourth-order valence-corrected chi connectivity index (χ4v) is 1.87. The summed E-state index contributed by atoms with van der Waals surface area (Å²) in [5.41, 5.74) is 0. The fourth-order valence-electron chi connectivity index (χ4n) is 1.87. The number of ether oxygens (including phenoxy) is 1. The lowest BCUT2D eigenvalue weighted by Gasteiger charge is -2.20. The largest absolute Gasteiger partial charge is 0.394 e.